The van der Waals surface area contributed by atoms with Crippen LogP contribution < -0.4 is 15.5 Å². The van der Waals surface area contributed by atoms with Gasteiger partial charge in [-0.3, -0.25) is 14.4 Å². The van der Waals surface area contributed by atoms with Crippen LogP contribution in [0.1, 0.15) is 37.7 Å². The molecular weight excluding hydrogens is 406 g/mol. The number of carbonyl (C=O) groups excluding carboxylic acids is 3. The van der Waals surface area contributed by atoms with Crippen molar-refractivity contribution >= 4 is 29.1 Å². The molecule has 0 radical (unpaired) electrons. The minimum absolute atomic E-state index is 0.0835. The van der Waals surface area contributed by atoms with Gasteiger partial charge in [-0.05, 0) is 49.4 Å². The lowest BCUT2D eigenvalue weighted by Gasteiger charge is -2.37. The Morgan fingerprint density at radius 3 is 2.50 bits per heavy atom. The standard InChI is InChI=1S/C25H29N3O4/c29-22-11-4-5-14-28(22)21-10-6-9-20(17-21)27-24(31)23(30)26-18-25(12-15-32-16-13-25)19-7-2-1-3-8-19/h1-3,6-10,17H,4-5,11-16,18H2,(H,26,30)(H,27,31). The lowest BCUT2D eigenvalue weighted by atomic mass is 9.74. The molecule has 0 spiro atoms. The van der Waals surface area contributed by atoms with Gasteiger partial charge in [0.15, 0.2) is 0 Å². The van der Waals surface area contributed by atoms with Crippen molar-refractivity contribution in [3.63, 3.8) is 0 Å². The normalized spacial score (nSPS) is 18.1. The number of hydrogen-bond acceptors (Lipinski definition) is 4. The summed E-state index contributed by atoms with van der Waals surface area (Å²) >= 11 is 0. The van der Waals surface area contributed by atoms with E-state index in [2.05, 4.69) is 22.8 Å². The maximum absolute atomic E-state index is 12.6. The van der Waals surface area contributed by atoms with Gasteiger partial charge in [0.2, 0.25) is 5.91 Å². The van der Waals surface area contributed by atoms with E-state index in [9.17, 15) is 14.4 Å². The second kappa shape index (κ2) is 9.96. The Hall–Kier alpha value is -3.19. The molecule has 0 atom stereocenters. The second-order valence-corrected chi connectivity index (χ2v) is 8.45. The van der Waals surface area contributed by atoms with Gasteiger partial charge in [0.1, 0.15) is 0 Å². The molecule has 0 unspecified atom stereocenters. The van der Waals surface area contributed by atoms with Gasteiger partial charge in [0.25, 0.3) is 0 Å². The van der Waals surface area contributed by atoms with Crippen molar-refractivity contribution in [2.75, 3.05) is 36.5 Å². The van der Waals surface area contributed by atoms with Crippen molar-refractivity contribution in [1.29, 1.82) is 0 Å². The Kier molecular flexibility index (Phi) is 6.85. The first-order valence-corrected chi connectivity index (χ1v) is 11.2. The topological polar surface area (TPSA) is 87.7 Å². The molecule has 7 heteroatoms. The van der Waals surface area contributed by atoms with Gasteiger partial charge < -0.3 is 20.3 Å². The van der Waals surface area contributed by atoms with E-state index >= 15 is 0 Å². The molecular formula is C25H29N3O4. The number of benzene rings is 2. The summed E-state index contributed by atoms with van der Waals surface area (Å²) < 4.78 is 5.53. The Morgan fingerprint density at radius 1 is 0.969 bits per heavy atom. The van der Waals surface area contributed by atoms with Gasteiger partial charge in [-0.25, -0.2) is 0 Å². The first-order valence-electron chi connectivity index (χ1n) is 11.2. The lowest BCUT2D eigenvalue weighted by molar-refractivity contribution is -0.136. The van der Waals surface area contributed by atoms with E-state index in [1.807, 2.05) is 24.3 Å². The van der Waals surface area contributed by atoms with Crippen LogP contribution in [-0.2, 0) is 24.5 Å². The van der Waals surface area contributed by atoms with Gasteiger partial charge in [0, 0.05) is 49.5 Å². The molecule has 2 aliphatic heterocycles. The third kappa shape index (κ3) is 4.99. The van der Waals surface area contributed by atoms with Crippen LogP contribution in [0.5, 0.6) is 0 Å². The van der Waals surface area contributed by atoms with Gasteiger partial charge in [0.05, 0.1) is 0 Å². The zero-order valence-electron chi connectivity index (χ0n) is 18.1. The minimum atomic E-state index is -0.720. The van der Waals surface area contributed by atoms with Crippen molar-refractivity contribution in [1.82, 2.24) is 5.32 Å². The van der Waals surface area contributed by atoms with E-state index in [1.165, 1.54) is 0 Å². The van der Waals surface area contributed by atoms with Crippen LogP contribution in [0.4, 0.5) is 11.4 Å². The minimum Gasteiger partial charge on any atom is -0.381 e. The first-order chi connectivity index (χ1) is 15.6. The van der Waals surface area contributed by atoms with Crippen LogP contribution in [0, 0.1) is 0 Å². The van der Waals surface area contributed by atoms with Gasteiger partial charge >= 0.3 is 11.8 Å². The zero-order valence-corrected chi connectivity index (χ0v) is 18.1. The molecule has 3 amide bonds. The SMILES string of the molecule is O=C(NCC1(c2ccccc2)CCOCC1)C(=O)Nc1cccc(N2CCCCC2=O)c1. The maximum Gasteiger partial charge on any atom is 0.313 e. The molecule has 2 aromatic rings. The van der Waals surface area contributed by atoms with E-state index in [4.69, 9.17) is 4.74 Å². The summed E-state index contributed by atoms with van der Waals surface area (Å²) in [6.07, 6.45) is 3.96. The monoisotopic (exact) mass is 435 g/mol. The number of nitrogens with zero attached hydrogens (tertiary/aromatic N) is 1. The molecule has 2 N–H and O–H groups in total. The smallest absolute Gasteiger partial charge is 0.313 e. The summed E-state index contributed by atoms with van der Waals surface area (Å²) in [7, 11) is 0. The molecule has 2 aromatic carbocycles. The van der Waals surface area contributed by atoms with E-state index in [1.54, 1.807) is 23.1 Å². The number of anilines is 2. The number of amides is 3. The molecule has 2 aliphatic rings. The van der Waals surface area contributed by atoms with Gasteiger partial charge in [-0.2, -0.15) is 0 Å². The molecule has 4 rings (SSSR count). The van der Waals surface area contributed by atoms with Crippen LogP contribution in [0.15, 0.2) is 54.6 Å². The Labute approximate surface area is 188 Å². The first kappa shape index (κ1) is 22.0. The Morgan fingerprint density at radius 2 is 1.75 bits per heavy atom. The van der Waals surface area contributed by atoms with Gasteiger partial charge in [-0.15, -0.1) is 0 Å². The number of hydrogen-bond donors (Lipinski definition) is 2. The van der Waals surface area contributed by atoms with Crippen LogP contribution in [0.25, 0.3) is 0 Å². The van der Waals surface area contributed by atoms with Crippen molar-refractivity contribution in [2.45, 2.75) is 37.5 Å². The molecule has 0 saturated carbocycles. The molecule has 32 heavy (non-hydrogen) atoms. The highest BCUT2D eigenvalue weighted by molar-refractivity contribution is 6.39. The highest BCUT2D eigenvalue weighted by Crippen LogP contribution is 2.34. The predicted octanol–water partition coefficient (Wildman–Crippen LogP) is 3.01. The summed E-state index contributed by atoms with van der Waals surface area (Å²) in [4.78, 5) is 39.0. The molecule has 0 aliphatic carbocycles. The Bertz CT molecular complexity index is 970. The van der Waals surface area contributed by atoms with Crippen LogP contribution in [0.3, 0.4) is 0 Å². The fourth-order valence-corrected chi connectivity index (χ4v) is 4.47. The number of carbonyl (C=O) groups is 3. The maximum atomic E-state index is 12.6. The summed E-state index contributed by atoms with van der Waals surface area (Å²) in [6.45, 7) is 2.29. The molecule has 0 aromatic heterocycles. The van der Waals surface area contributed by atoms with Crippen LogP contribution in [-0.4, -0.2) is 44.0 Å². The van der Waals surface area contributed by atoms with Crippen molar-refractivity contribution in [3.05, 3.63) is 60.2 Å². The number of nitrogens with one attached hydrogen (secondary N) is 2. The fraction of sp³-hybridized carbons (Fsp3) is 0.400. The summed E-state index contributed by atoms with van der Waals surface area (Å²) in [6, 6.07) is 17.1. The Balaban J connectivity index is 1.39. The largest absolute Gasteiger partial charge is 0.381 e. The number of rotatable bonds is 5. The van der Waals surface area contributed by atoms with Crippen molar-refractivity contribution in [3.8, 4) is 0 Å². The molecule has 2 saturated heterocycles. The molecule has 2 fully saturated rings. The molecule has 7 nitrogen and oxygen atoms in total. The van der Waals surface area contributed by atoms with Crippen LogP contribution in [0.2, 0.25) is 0 Å². The molecule has 2 heterocycles. The van der Waals surface area contributed by atoms with Crippen molar-refractivity contribution in [2.24, 2.45) is 0 Å². The number of piperidine rings is 1. The quantitative estimate of drug-likeness (QED) is 0.707. The summed E-state index contributed by atoms with van der Waals surface area (Å²) in [5.41, 5.74) is 2.12. The second-order valence-electron chi connectivity index (χ2n) is 8.45. The number of ether oxygens (including phenoxy) is 1. The zero-order chi connectivity index (χ0) is 22.4. The van der Waals surface area contributed by atoms with Crippen LogP contribution >= 0.6 is 0 Å². The van der Waals surface area contributed by atoms with Gasteiger partial charge in [-0.1, -0.05) is 36.4 Å². The summed E-state index contributed by atoms with van der Waals surface area (Å²) in [5.74, 6) is -1.31. The average molecular weight is 436 g/mol. The van der Waals surface area contributed by atoms with Crippen molar-refractivity contribution < 1.29 is 19.1 Å². The van der Waals surface area contributed by atoms with E-state index in [0.29, 0.717) is 38.4 Å². The molecule has 168 valence electrons. The summed E-state index contributed by atoms with van der Waals surface area (Å²) in [5, 5.41) is 5.49. The van der Waals surface area contributed by atoms with E-state index < -0.39 is 11.8 Å². The molecule has 0 bridgehead atoms. The highest BCUT2D eigenvalue weighted by atomic mass is 16.5. The average Bonchev–Trinajstić information content (AvgIpc) is 2.84. The highest BCUT2D eigenvalue weighted by Gasteiger charge is 2.35. The van der Waals surface area contributed by atoms with E-state index in [-0.39, 0.29) is 11.3 Å². The fourth-order valence-electron chi connectivity index (χ4n) is 4.47. The lowest BCUT2D eigenvalue weighted by Crippen LogP contribution is -2.47. The predicted molar refractivity (Wildman–Crippen MR) is 122 cm³/mol. The third-order valence-corrected chi connectivity index (χ3v) is 6.37. The third-order valence-electron chi connectivity index (χ3n) is 6.37. The van der Waals surface area contributed by atoms with E-state index in [0.717, 1.165) is 36.9 Å².